The Kier molecular flexibility index (Phi) is 6.01. The lowest BCUT2D eigenvalue weighted by atomic mass is 10.1. The summed E-state index contributed by atoms with van der Waals surface area (Å²) in [4.78, 5) is 11.5. The predicted octanol–water partition coefficient (Wildman–Crippen LogP) is 3.14. The maximum atomic E-state index is 13.9. The Morgan fingerprint density at radius 2 is 2.05 bits per heavy atom. The predicted molar refractivity (Wildman–Crippen MR) is 72.7 cm³/mol. The van der Waals surface area contributed by atoms with E-state index in [1.54, 1.807) is 6.07 Å². The molecule has 0 aliphatic carbocycles. The average Bonchev–Trinajstić information content (AvgIpc) is 2.44. The van der Waals surface area contributed by atoms with Crippen molar-refractivity contribution in [3.8, 4) is 0 Å². The highest BCUT2D eigenvalue weighted by Crippen LogP contribution is 2.31. The number of hydrogen-bond acceptors (Lipinski definition) is 3. The Balaban J connectivity index is 2.71. The number of halogens is 2. The molecule has 110 valence electrons. The summed E-state index contributed by atoms with van der Waals surface area (Å²) in [5.41, 5.74) is 0. The SMILES string of the molecule is C=CCOC(=O)C(C)CC(F)(F)S(=O)c1ccccc1. The van der Waals surface area contributed by atoms with Gasteiger partial charge in [-0.15, -0.1) is 0 Å². The van der Waals surface area contributed by atoms with Crippen LogP contribution in [0.1, 0.15) is 13.3 Å². The van der Waals surface area contributed by atoms with Crippen molar-refractivity contribution < 1.29 is 22.5 Å². The third-order valence-electron chi connectivity index (χ3n) is 2.52. The topological polar surface area (TPSA) is 43.4 Å². The van der Waals surface area contributed by atoms with E-state index in [0.29, 0.717) is 0 Å². The molecular formula is C14H16F2O3S. The first-order valence-corrected chi connectivity index (χ1v) is 7.15. The molecule has 3 nitrogen and oxygen atoms in total. The minimum atomic E-state index is -3.49. The molecule has 1 rings (SSSR count). The zero-order valence-electron chi connectivity index (χ0n) is 11.1. The first-order valence-electron chi connectivity index (χ1n) is 6.00. The first kappa shape index (κ1) is 16.5. The summed E-state index contributed by atoms with van der Waals surface area (Å²) in [6, 6.07) is 7.44. The van der Waals surface area contributed by atoms with Crippen LogP contribution in [-0.2, 0) is 20.3 Å². The monoisotopic (exact) mass is 302 g/mol. The highest BCUT2D eigenvalue weighted by molar-refractivity contribution is 7.86. The summed E-state index contributed by atoms with van der Waals surface area (Å²) < 4.78 is 44.3. The Bertz CT molecular complexity index is 488. The first-order chi connectivity index (χ1) is 9.38. The van der Waals surface area contributed by atoms with E-state index in [2.05, 4.69) is 6.58 Å². The van der Waals surface area contributed by atoms with Crippen molar-refractivity contribution in [1.82, 2.24) is 0 Å². The molecule has 0 aliphatic rings. The third-order valence-corrected chi connectivity index (χ3v) is 3.93. The fraction of sp³-hybridized carbons (Fsp3) is 0.357. The number of hydrogen-bond donors (Lipinski definition) is 0. The summed E-state index contributed by atoms with van der Waals surface area (Å²) in [6.45, 7) is 4.65. The molecule has 6 heteroatoms. The Morgan fingerprint density at radius 3 is 2.60 bits per heavy atom. The maximum absolute atomic E-state index is 13.9. The van der Waals surface area contributed by atoms with Gasteiger partial charge in [-0.25, -0.2) is 4.21 Å². The fourth-order valence-corrected chi connectivity index (χ4v) is 2.67. The summed E-state index contributed by atoms with van der Waals surface area (Å²) in [7, 11) is -2.50. The molecule has 0 bridgehead atoms. The van der Waals surface area contributed by atoms with Crippen LogP contribution in [0.25, 0.3) is 0 Å². The van der Waals surface area contributed by atoms with Gasteiger partial charge in [-0.2, -0.15) is 8.78 Å². The molecule has 1 aromatic rings. The van der Waals surface area contributed by atoms with Gasteiger partial charge < -0.3 is 4.74 Å². The van der Waals surface area contributed by atoms with E-state index >= 15 is 0 Å². The Morgan fingerprint density at radius 1 is 1.45 bits per heavy atom. The summed E-state index contributed by atoms with van der Waals surface area (Å²) >= 11 is 0. The lowest BCUT2D eigenvalue weighted by Gasteiger charge is -2.19. The molecule has 0 fully saturated rings. The standard InChI is InChI=1S/C14H16F2O3S/c1-3-9-19-13(17)11(2)10-14(15,16)20(18)12-7-5-4-6-8-12/h3-8,11H,1,9-10H2,2H3. The molecule has 0 heterocycles. The van der Waals surface area contributed by atoms with Crippen molar-refractivity contribution in [3.63, 3.8) is 0 Å². The van der Waals surface area contributed by atoms with Gasteiger partial charge >= 0.3 is 11.2 Å². The van der Waals surface area contributed by atoms with E-state index < -0.39 is 34.4 Å². The van der Waals surface area contributed by atoms with Crippen LogP contribution in [0.4, 0.5) is 8.78 Å². The third kappa shape index (κ3) is 4.52. The molecule has 1 aromatic carbocycles. The molecule has 0 saturated heterocycles. The fourth-order valence-electron chi connectivity index (χ4n) is 1.52. The van der Waals surface area contributed by atoms with Gasteiger partial charge in [-0.1, -0.05) is 37.8 Å². The lowest BCUT2D eigenvalue weighted by Crippen LogP contribution is -2.29. The van der Waals surface area contributed by atoms with Crippen LogP contribution in [-0.4, -0.2) is 22.0 Å². The van der Waals surface area contributed by atoms with Crippen molar-refractivity contribution >= 4 is 16.8 Å². The van der Waals surface area contributed by atoms with E-state index in [9.17, 15) is 17.8 Å². The van der Waals surface area contributed by atoms with Crippen molar-refractivity contribution in [2.24, 2.45) is 5.92 Å². The molecule has 0 spiro atoms. The van der Waals surface area contributed by atoms with Crippen LogP contribution >= 0.6 is 0 Å². The highest BCUT2D eigenvalue weighted by atomic mass is 32.2. The molecule has 20 heavy (non-hydrogen) atoms. The maximum Gasteiger partial charge on any atom is 0.326 e. The lowest BCUT2D eigenvalue weighted by molar-refractivity contribution is -0.148. The van der Waals surface area contributed by atoms with Gasteiger partial charge in [0.25, 0.3) is 0 Å². The van der Waals surface area contributed by atoms with Gasteiger partial charge in [-0.3, -0.25) is 4.79 Å². The molecule has 0 saturated carbocycles. The number of rotatable bonds is 7. The number of benzene rings is 1. The minimum Gasteiger partial charge on any atom is -0.461 e. The van der Waals surface area contributed by atoms with Crippen LogP contribution in [0.2, 0.25) is 0 Å². The molecule has 2 unspecified atom stereocenters. The van der Waals surface area contributed by atoms with Gasteiger partial charge in [0.15, 0.2) is 0 Å². The average molecular weight is 302 g/mol. The summed E-state index contributed by atoms with van der Waals surface area (Å²) in [6.07, 6.45) is 0.523. The Labute approximate surface area is 119 Å². The molecule has 0 aliphatic heterocycles. The minimum absolute atomic E-state index is 0.0312. The highest BCUT2D eigenvalue weighted by Gasteiger charge is 2.41. The van der Waals surface area contributed by atoms with Crippen molar-refractivity contribution in [3.05, 3.63) is 43.0 Å². The van der Waals surface area contributed by atoms with E-state index in [1.807, 2.05) is 0 Å². The normalized spacial score (nSPS) is 14.3. The molecular weight excluding hydrogens is 286 g/mol. The second-order valence-corrected chi connectivity index (χ2v) is 5.85. The van der Waals surface area contributed by atoms with E-state index in [-0.39, 0.29) is 11.5 Å². The number of carbonyl (C=O) groups excluding carboxylic acids is 1. The zero-order chi connectivity index (χ0) is 15.2. The van der Waals surface area contributed by atoms with Gasteiger partial charge in [-0.05, 0) is 12.1 Å². The van der Waals surface area contributed by atoms with Gasteiger partial charge in [0.1, 0.15) is 17.4 Å². The summed E-state index contributed by atoms with van der Waals surface area (Å²) in [5.74, 6) is -1.80. The molecule has 0 aromatic heterocycles. The van der Waals surface area contributed by atoms with E-state index in [4.69, 9.17) is 4.74 Å². The van der Waals surface area contributed by atoms with Crippen molar-refractivity contribution in [2.75, 3.05) is 6.61 Å². The largest absolute Gasteiger partial charge is 0.461 e. The van der Waals surface area contributed by atoms with Crippen molar-refractivity contribution in [1.29, 1.82) is 0 Å². The summed E-state index contributed by atoms with van der Waals surface area (Å²) in [5, 5.41) is -3.49. The number of carbonyl (C=O) groups is 1. The molecule has 2 atom stereocenters. The van der Waals surface area contributed by atoms with Crippen LogP contribution < -0.4 is 0 Å². The van der Waals surface area contributed by atoms with Crippen LogP contribution in [0.15, 0.2) is 47.9 Å². The number of esters is 1. The Hall–Kier alpha value is -1.56. The van der Waals surface area contributed by atoms with Crippen LogP contribution in [0, 0.1) is 5.92 Å². The second kappa shape index (κ2) is 7.28. The van der Waals surface area contributed by atoms with Crippen LogP contribution in [0.3, 0.4) is 0 Å². The molecule has 0 N–H and O–H groups in total. The van der Waals surface area contributed by atoms with Crippen LogP contribution in [0.5, 0.6) is 0 Å². The van der Waals surface area contributed by atoms with E-state index in [1.165, 1.54) is 37.3 Å². The zero-order valence-corrected chi connectivity index (χ0v) is 11.9. The number of alkyl halides is 2. The van der Waals surface area contributed by atoms with Gasteiger partial charge in [0.2, 0.25) is 0 Å². The van der Waals surface area contributed by atoms with Gasteiger partial charge in [0.05, 0.1) is 5.92 Å². The smallest absolute Gasteiger partial charge is 0.326 e. The van der Waals surface area contributed by atoms with E-state index in [0.717, 1.165) is 0 Å². The van der Waals surface area contributed by atoms with Crippen molar-refractivity contribution in [2.45, 2.75) is 23.5 Å². The number of ether oxygens (including phenoxy) is 1. The molecule has 0 amide bonds. The van der Waals surface area contributed by atoms with Gasteiger partial charge in [0, 0.05) is 11.3 Å². The quantitative estimate of drug-likeness (QED) is 0.574. The molecule has 0 radical (unpaired) electrons. The second-order valence-electron chi connectivity index (χ2n) is 4.24.